The van der Waals surface area contributed by atoms with Crippen LogP contribution in [0.4, 0.5) is 22.7 Å². The SMILES string of the molecule is CCOc1ccc(N=Nc2ccc(C(=O)Oc3ccc(C(=O)O[C@H](C)COC[C@@H](C)OC(=O)c4ccc(OC(=O)c5ccc(N=Nc6ccc(OCC)cc6)cc5)cc4)cc3)cc2)cc1. The number of nitrogens with zero attached hydrogens (tertiary/aromatic N) is 4. The molecule has 6 rings (SSSR count). The summed E-state index contributed by atoms with van der Waals surface area (Å²) >= 11 is 0. The predicted molar refractivity (Wildman–Crippen MR) is 240 cm³/mol. The highest BCUT2D eigenvalue weighted by molar-refractivity contribution is 5.93. The molecule has 0 aliphatic heterocycles. The molecule has 0 heterocycles. The van der Waals surface area contributed by atoms with Crippen molar-refractivity contribution in [3.63, 3.8) is 0 Å². The first kappa shape index (κ1) is 46.5. The Balaban J connectivity index is 0.867. The van der Waals surface area contributed by atoms with E-state index >= 15 is 0 Å². The van der Waals surface area contributed by atoms with Gasteiger partial charge in [-0.05, 0) is 173 Å². The lowest BCUT2D eigenvalue weighted by Crippen LogP contribution is -2.25. The summed E-state index contributed by atoms with van der Waals surface area (Å²) in [6, 6.07) is 39.3. The number of ether oxygens (including phenoxy) is 7. The summed E-state index contributed by atoms with van der Waals surface area (Å²) in [7, 11) is 0. The van der Waals surface area contributed by atoms with Crippen molar-refractivity contribution in [2.24, 2.45) is 20.5 Å². The fourth-order valence-electron chi connectivity index (χ4n) is 5.73. The lowest BCUT2D eigenvalue weighted by atomic mass is 10.2. The van der Waals surface area contributed by atoms with Gasteiger partial charge in [-0.1, -0.05) is 0 Å². The number of carbonyl (C=O) groups excluding carboxylic acids is 4. The lowest BCUT2D eigenvalue weighted by molar-refractivity contribution is -0.0262. The maximum Gasteiger partial charge on any atom is 0.343 e. The molecule has 2 atom stereocenters. The molecule has 6 aromatic rings. The van der Waals surface area contributed by atoms with Crippen LogP contribution in [0.2, 0.25) is 0 Å². The molecule has 65 heavy (non-hydrogen) atoms. The summed E-state index contributed by atoms with van der Waals surface area (Å²) in [6.45, 7) is 8.40. The molecule has 0 bridgehead atoms. The predicted octanol–water partition coefficient (Wildman–Crippen LogP) is 11.6. The molecule has 15 nitrogen and oxygen atoms in total. The van der Waals surface area contributed by atoms with Crippen LogP contribution in [0.3, 0.4) is 0 Å². The summed E-state index contributed by atoms with van der Waals surface area (Å²) in [6.07, 6.45) is -1.25. The number of carbonyl (C=O) groups is 4. The zero-order valence-corrected chi connectivity index (χ0v) is 36.1. The molecule has 0 amide bonds. The molecule has 0 N–H and O–H groups in total. The maximum atomic E-state index is 12.8. The van der Waals surface area contributed by atoms with E-state index in [9.17, 15) is 19.2 Å². The molecule has 0 aromatic heterocycles. The lowest BCUT2D eigenvalue weighted by Gasteiger charge is -2.17. The largest absolute Gasteiger partial charge is 0.494 e. The van der Waals surface area contributed by atoms with Gasteiger partial charge in [0, 0.05) is 0 Å². The molecule has 332 valence electrons. The molecule has 0 aliphatic carbocycles. The Morgan fingerprint density at radius 1 is 0.385 bits per heavy atom. The van der Waals surface area contributed by atoms with Crippen molar-refractivity contribution in [2.45, 2.75) is 39.9 Å². The van der Waals surface area contributed by atoms with Crippen LogP contribution >= 0.6 is 0 Å². The van der Waals surface area contributed by atoms with Gasteiger partial charge in [-0.3, -0.25) is 0 Å². The van der Waals surface area contributed by atoms with Gasteiger partial charge in [-0.15, -0.1) is 0 Å². The molecule has 0 fully saturated rings. The van der Waals surface area contributed by atoms with Gasteiger partial charge in [0.1, 0.15) is 35.2 Å². The van der Waals surface area contributed by atoms with Gasteiger partial charge in [0.25, 0.3) is 0 Å². The highest BCUT2D eigenvalue weighted by Crippen LogP contribution is 2.25. The minimum atomic E-state index is -0.625. The van der Waals surface area contributed by atoms with Crippen LogP contribution in [0.15, 0.2) is 166 Å². The molecule has 0 radical (unpaired) electrons. The Labute approximate surface area is 375 Å². The second kappa shape index (κ2) is 23.4. The summed E-state index contributed by atoms with van der Waals surface area (Å²) in [5.41, 5.74) is 3.53. The van der Waals surface area contributed by atoms with Gasteiger partial charge in [0.15, 0.2) is 0 Å². The van der Waals surface area contributed by atoms with E-state index in [1.807, 2.05) is 38.1 Å². The first-order valence-electron chi connectivity index (χ1n) is 20.7. The minimum Gasteiger partial charge on any atom is -0.494 e. The molecule has 6 aromatic carbocycles. The van der Waals surface area contributed by atoms with E-state index in [1.165, 1.54) is 48.5 Å². The van der Waals surface area contributed by atoms with E-state index in [0.717, 1.165) is 11.5 Å². The topological polar surface area (TPSA) is 182 Å². The third kappa shape index (κ3) is 14.5. The van der Waals surface area contributed by atoms with Crippen LogP contribution in [-0.2, 0) is 14.2 Å². The highest BCUT2D eigenvalue weighted by atomic mass is 16.6. The summed E-state index contributed by atoms with van der Waals surface area (Å²) in [5, 5.41) is 16.8. The summed E-state index contributed by atoms with van der Waals surface area (Å²) in [4.78, 5) is 51.0. The average molecular weight is 879 g/mol. The summed E-state index contributed by atoms with van der Waals surface area (Å²) in [5.74, 6) is -0.384. The number of benzene rings is 6. The van der Waals surface area contributed by atoms with Crippen molar-refractivity contribution in [3.8, 4) is 23.0 Å². The van der Waals surface area contributed by atoms with Gasteiger partial charge >= 0.3 is 23.9 Å². The number of azo groups is 2. The number of hydrogen-bond acceptors (Lipinski definition) is 15. The van der Waals surface area contributed by atoms with Crippen molar-refractivity contribution >= 4 is 46.6 Å². The van der Waals surface area contributed by atoms with E-state index in [0.29, 0.717) is 47.1 Å². The van der Waals surface area contributed by atoms with Crippen LogP contribution < -0.4 is 18.9 Å². The smallest absolute Gasteiger partial charge is 0.343 e. The molecule has 0 unspecified atom stereocenters. The zero-order valence-electron chi connectivity index (χ0n) is 36.1. The Bertz CT molecular complexity index is 2380. The molecule has 15 heteroatoms. The van der Waals surface area contributed by atoms with Gasteiger partial charge in [-0.2, -0.15) is 20.5 Å². The molecular weight excluding hydrogens is 833 g/mol. The number of esters is 4. The second-order valence-electron chi connectivity index (χ2n) is 14.1. The highest BCUT2D eigenvalue weighted by Gasteiger charge is 2.17. The molecular formula is C50H46N4O11. The first-order valence-corrected chi connectivity index (χ1v) is 20.7. The van der Waals surface area contributed by atoms with Crippen LogP contribution in [0.25, 0.3) is 0 Å². The Hall–Kier alpha value is -8.04. The van der Waals surface area contributed by atoms with Crippen LogP contribution in [0.1, 0.15) is 69.1 Å². The fraction of sp³-hybridized carbons (Fsp3) is 0.200. The quantitative estimate of drug-likeness (QED) is 0.0404. The van der Waals surface area contributed by atoms with E-state index in [1.54, 1.807) is 86.6 Å². The van der Waals surface area contributed by atoms with E-state index in [2.05, 4.69) is 20.5 Å². The van der Waals surface area contributed by atoms with Gasteiger partial charge in [0.05, 0.1) is 71.4 Å². The van der Waals surface area contributed by atoms with Gasteiger partial charge in [0.2, 0.25) is 0 Å². The Kier molecular flexibility index (Phi) is 16.7. The fourth-order valence-corrected chi connectivity index (χ4v) is 5.73. The van der Waals surface area contributed by atoms with Gasteiger partial charge < -0.3 is 33.2 Å². The van der Waals surface area contributed by atoms with Crippen LogP contribution in [0.5, 0.6) is 23.0 Å². The van der Waals surface area contributed by atoms with Crippen molar-refractivity contribution in [1.29, 1.82) is 0 Å². The standard InChI is InChI=1S/C50H46N4O11/c1-5-60-43-27-19-41(20-28-43)53-51-39-15-7-35(8-16-39)49(57)64-45-23-11-37(12-24-45)47(55)62-33(3)31-59-32-34(4)63-48(56)38-13-25-46(26-14-38)65-50(58)36-9-17-40(18-10-36)52-54-42-21-29-44(30-22-42)61-6-2/h7-30,33-34H,5-6,31-32H2,1-4H3/t33-,34-/m1/s1. The monoisotopic (exact) mass is 878 g/mol. The zero-order chi connectivity index (χ0) is 46.0. The third-order valence-electron chi connectivity index (χ3n) is 8.99. The normalized spacial score (nSPS) is 12.0. The first-order chi connectivity index (χ1) is 31.5. The van der Waals surface area contributed by atoms with Crippen molar-refractivity contribution in [2.75, 3.05) is 26.4 Å². The van der Waals surface area contributed by atoms with Crippen molar-refractivity contribution in [3.05, 3.63) is 168 Å². The second-order valence-corrected chi connectivity index (χ2v) is 14.1. The molecule has 0 saturated heterocycles. The molecule has 0 aliphatic rings. The van der Waals surface area contributed by atoms with E-state index in [-0.39, 0.29) is 35.8 Å². The maximum absolute atomic E-state index is 12.8. The van der Waals surface area contributed by atoms with Crippen molar-refractivity contribution < 1.29 is 52.3 Å². The van der Waals surface area contributed by atoms with Crippen molar-refractivity contribution in [1.82, 2.24) is 0 Å². The van der Waals surface area contributed by atoms with Gasteiger partial charge in [-0.25, -0.2) is 19.2 Å². The van der Waals surface area contributed by atoms with Crippen LogP contribution in [0, 0.1) is 0 Å². The molecule has 0 saturated carbocycles. The Morgan fingerprint density at radius 3 is 0.954 bits per heavy atom. The number of rotatable bonds is 20. The summed E-state index contributed by atoms with van der Waals surface area (Å²) < 4.78 is 38.4. The van der Waals surface area contributed by atoms with E-state index < -0.39 is 36.1 Å². The van der Waals surface area contributed by atoms with Crippen LogP contribution in [-0.4, -0.2) is 62.5 Å². The molecule has 0 spiro atoms. The third-order valence-corrected chi connectivity index (χ3v) is 8.99. The minimum absolute atomic E-state index is 0.0434. The average Bonchev–Trinajstić information content (AvgIpc) is 3.32. The Morgan fingerprint density at radius 2 is 0.646 bits per heavy atom. The number of hydrogen-bond donors (Lipinski definition) is 0. The van der Waals surface area contributed by atoms with E-state index in [4.69, 9.17) is 33.2 Å².